The van der Waals surface area contributed by atoms with Gasteiger partial charge < -0.3 is 4.52 Å². The van der Waals surface area contributed by atoms with Gasteiger partial charge in [0, 0.05) is 16.7 Å². The van der Waals surface area contributed by atoms with Crippen molar-refractivity contribution in [3.05, 3.63) is 34.6 Å². The Labute approximate surface area is 94.2 Å². The molecule has 72 valence electrons. The van der Waals surface area contributed by atoms with Crippen LogP contribution in [0.25, 0.3) is 11.4 Å². The van der Waals surface area contributed by atoms with Crippen LogP contribution in [0.2, 0.25) is 0 Å². The Morgan fingerprint density at radius 2 is 2.21 bits per heavy atom. The zero-order valence-corrected chi connectivity index (χ0v) is 9.42. The van der Waals surface area contributed by atoms with Crippen molar-refractivity contribution in [1.82, 2.24) is 10.1 Å². The molecule has 0 saturated carbocycles. The summed E-state index contributed by atoms with van der Waals surface area (Å²) in [6.07, 6.45) is 1.71. The predicted octanol–water partition coefficient (Wildman–Crippen LogP) is 3.24. The second-order valence-electron chi connectivity index (χ2n) is 2.67. The minimum absolute atomic E-state index is 0.323. The van der Waals surface area contributed by atoms with Gasteiger partial charge in [0.05, 0.1) is 11.6 Å². The molecule has 0 atom stereocenters. The van der Waals surface area contributed by atoms with Crippen molar-refractivity contribution < 1.29 is 4.52 Å². The van der Waals surface area contributed by atoms with Gasteiger partial charge in [0.25, 0.3) is 0 Å². The fourth-order valence-electron chi connectivity index (χ4n) is 1.02. The minimum Gasteiger partial charge on any atom is -0.359 e. The van der Waals surface area contributed by atoms with Crippen molar-refractivity contribution in [1.29, 1.82) is 0 Å². The molecule has 2 aromatic heterocycles. The SMILES string of the molecule is ClCc1cc(-c2ccc(Br)cn2)no1. The zero-order chi connectivity index (χ0) is 9.97. The van der Waals surface area contributed by atoms with Gasteiger partial charge >= 0.3 is 0 Å². The Bertz CT molecular complexity index is 427. The van der Waals surface area contributed by atoms with Crippen molar-refractivity contribution in [3.63, 3.8) is 0 Å². The Morgan fingerprint density at radius 1 is 1.36 bits per heavy atom. The summed E-state index contributed by atoms with van der Waals surface area (Å²) in [4.78, 5) is 4.18. The Hall–Kier alpha value is -0.870. The summed E-state index contributed by atoms with van der Waals surface area (Å²) in [7, 11) is 0. The van der Waals surface area contributed by atoms with Gasteiger partial charge in [-0.2, -0.15) is 0 Å². The lowest BCUT2D eigenvalue weighted by Crippen LogP contribution is -1.81. The van der Waals surface area contributed by atoms with Gasteiger partial charge in [-0.15, -0.1) is 11.6 Å². The van der Waals surface area contributed by atoms with Crippen LogP contribution < -0.4 is 0 Å². The highest BCUT2D eigenvalue weighted by Gasteiger charge is 2.06. The summed E-state index contributed by atoms with van der Waals surface area (Å²) < 4.78 is 5.90. The maximum atomic E-state index is 5.59. The van der Waals surface area contributed by atoms with Gasteiger partial charge in [-0.1, -0.05) is 5.16 Å². The Balaban J connectivity index is 2.34. The average Bonchev–Trinajstić information content (AvgIpc) is 2.67. The van der Waals surface area contributed by atoms with Crippen molar-refractivity contribution in [3.8, 4) is 11.4 Å². The molecule has 0 unspecified atom stereocenters. The van der Waals surface area contributed by atoms with E-state index >= 15 is 0 Å². The summed E-state index contributed by atoms with van der Waals surface area (Å²) in [5.74, 6) is 0.968. The Kier molecular flexibility index (Phi) is 2.84. The molecule has 0 N–H and O–H groups in total. The summed E-state index contributed by atoms with van der Waals surface area (Å²) >= 11 is 8.90. The molecule has 0 spiro atoms. The maximum absolute atomic E-state index is 5.59. The molecular weight excluding hydrogens is 267 g/mol. The highest BCUT2D eigenvalue weighted by molar-refractivity contribution is 9.10. The zero-order valence-electron chi connectivity index (χ0n) is 7.08. The lowest BCUT2D eigenvalue weighted by molar-refractivity contribution is 0.396. The highest BCUT2D eigenvalue weighted by atomic mass is 79.9. The van der Waals surface area contributed by atoms with Gasteiger partial charge in [0.15, 0.2) is 5.76 Å². The third kappa shape index (κ3) is 1.96. The van der Waals surface area contributed by atoms with E-state index in [1.54, 1.807) is 12.3 Å². The van der Waals surface area contributed by atoms with E-state index in [0.29, 0.717) is 17.3 Å². The second-order valence-corrected chi connectivity index (χ2v) is 3.86. The molecule has 2 aromatic rings. The molecule has 0 aromatic carbocycles. The normalized spacial score (nSPS) is 10.4. The number of alkyl halides is 1. The minimum atomic E-state index is 0.323. The quantitative estimate of drug-likeness (QED) is 0.789. The molecule has 0 fully saturated rings. The van der Waals surface area contributed by atoms with Crippen molar-refractivity contribution in [2.75, 3.05) is 0 Å². The van der Waals surface area contributed by atoms with E-state index in [0.717, 1.165) is 10.2 Å². The first kappa shape index (κ1) is 9.68. The Morgan fingerprint density at radius 3 is 2.79 bits per heavy atom. The van der Waals surface area contributed by atoms with E-state index in [4.69, 9.17) is 16.1 Å². The molecular formula is C9H6BrClN2O. The second kappa shape index (κ2) is 4.11. The smallest absolute Gasteiger partial charge is 0.152 e. The number of aromatic nitrogens is 2. The highest BCUT2D eigenvalue weighted by Crippen LogP contribution is 2.19. The number of hydrogen-bond donors (Lipinski definition) is 0. The largest absolute Gasteiger partial charge is 0.359 e. The fraction of sp³-hybridized carbons (Fsp3) is 0.111. The maximum Gasteiger partial charge on any atom is 0.152 e. The standard InChI is InChI=1S/C9H6BrClN2O/c10-6-1-2-8(12-5-6)9-3-7(4-11)14-13-9/h1-3,5H,4H2. The van der Waals surface area contributed by atoms with Crippen LogP contribution >= 0.6 is 27.5 Å². The number of nitrogens with zero attached hydrogens (tertiary/aromatic N) is 2. The molecule has 0 aliphatic rings. The number of halogens is 2. The summed E-state index contributed by atoms with van der Waals surface area (Å²) in [6.45, 7) is 0. The number of hydrogen-bond acceptors (Lipinski definition) is 3. The number of rotatable bonds is 2. The van der Waals surface area contributed by atoms with Crippen LogP contribution in [0.3, 0.4) is 0 Å². The molecule has 14 heavy (non-hydrogen) atoms. The first-order chi connectivity index (χ1) is 6.79. The van der Waals surface area contributed by atoms with E-state index in [2.05, 4.69) is 26.1 Å². The van der Waals surface area contributed by atoms with Crippen molar-refractivity contribution >= 4 is 27.5 Å². The molecule has 0 radical (unpaired) electrons. The molecule has 0 bridgehead atoms. The van der Waals surface area contributed by atoms with Gasteiger partial charge in [0.1, 0.15) is 5.69 Å². The van der Waals surface area contributed by atoms with Crippen LogP contribution in [0.4, 0.5) is 0 Å². The van der Waals surface area contributed by atoms with E-state index < -0.39 is 0 Å². The third-order valence-electron chi connectivity index (χ3n) is 1.68. The number of pyridine rings is 1. The fourth-order valence-corrected chi connectivity index (χ4v) is 1.38. The van der Waals surface area contributed by atoms with E-state index in [9.17, 15) is 0 Å². The predicted molar refractivity (Wildman–Crippen MR) is 57.0 cm³/mol. The first-order valence-electron chi connectivity index (χ1n) is 3.93. The third-order valence-corrected chi connectivity index (χ3v) is 2.41. The van der Waals surface area contributed by atoms with Crippen LogP contribution in [-0.4, -0.2) is 10.1 Å². The molecule has 5 heteroatoms. The molecule has 0 aliphatic carbocycles. The van der Waals surface area contributed by atoms with Crippen LogP contribution in [0, 0.1) is 0 Å². The molecule has 2 heterocycles. The van der Waals surface area contributed by atoms with Gasteiger partial charge in [-0.05, 0) is 28.1 Å². The van der Waals surface area contributed by atoms with Crippen molar-refractivity contribution in [2.24, 2.45) is 0 Å². The molecule has 0 saturated heterocycles. The molecule has 3 nitrogen and oxygen atoms in total. The van der Waals surface area contributed by atoms with E-state index in [-0.39, 0.29) is 0 Å². The monoisotopic (exact) mass is 272 g/mol. The molecule has 2 rings (SSSR count). The molecule has 0 amide bonds. The van der Waals surface area contributed by atoms with Gasteiger partial charge in [0.2, 0.25) is 0 Å². The van der Waals surface area contributed by atoms with Gasteiger partial charge in [-0.3, -0.25) is 4.98 Å². The van der Waals surface area contributed by atoms with E-state index in [1.807, 2.05) is 12.1 Å². The molecule has 0 aliphatic heterocycles. The van der Waals surface area contributed by atoms with Crippen molar-refractivity contribution in [2.45, 2.75) is 5.88 Å². The first-order valence-corrected chi connectivity index (χ1v) is 5.26. The topological polar surface area (TPSA) is 38.9 Å². The van der Waals surface area contributed by atoms with Gasteiger partial charge in [-0.25, -0.2) is 0 Å². The summed E-state index contributed by atoms with van der Waals surface area (Å²) in [5, 5.41) is 3.85. The average molecular weight is 274 g/mol. The summed E-state index contributed by atoms with van der Waals surface area (Å²) in [5.41, 5.74) is 1.47. The van der Waals surface area contributed by atoms with Crippen LogP contribution in [0.5, 0.6) is 0 Å². The van der Waals surface area contributed by atoms with Crippen LogP contribution in [0.1, 0.15) is 5.76 Å². The lowest BCUT2D eigenvalue weighted by Gasteiger charge is -1.93. The summed E-state index contributed by atoms with van der Waals surface area (Å²) in [6, 6.07) is 5.54. The van der Waals surface area contributed by atoms with Crippen LogP contribution in [0.15, 0.2) is 33.4 Å². The van der Waals surface area contributed by atoms with Crippen LogP contribution in [-0.2, 0) is 5.88 Å². The lowest BCUT2D eigenvalue weighted by atomic mass is 10.2. The van der Waals surface area contributed by atoms with E-state index in [1.165, 1.54) is 0 Å².